The number of rotatable bonds is 2. The van der Waals surface area contributed by atoms with Crippen molar-refractivity contribution in [3.8, 4) is 0 Å². The van der Waals surface area contributed by atoms with Crippen molar-refractivity contribution in [3.05, 3.63) is 18.5 Å². The Kier molecular flexibility index (Phi) is 2.47. The topological polar surface area (TPSA) is 67.1 Å². The fourth-order valence-electron chi connectivity index (χ4n) is 2.47. The quantitative estimate of drug-likeness (QED) is 0.845. The van der Waals surface area contributed by atoms with Crippen molar-refractivity contribution in [2.24, 2.45) is 5.92 Å². The average Bonchev–Trinajstić information content (AvgIpc) is 2.73. The van der Waals surface area contributed by atoms with Crippen LogP contribution in [0.15, 0.2) is 18.5 Å². The highest BCUT2D eigenvalue weighted by Crippen LogP contribution is 2.40. The Hall–Kier alpha value is -2.04. The van der Waals surface area contributed by atoms with Gasteiger partial charge in [-0.25, -0.2) is 4.98 Å². The number of hydrogen-bond acceptors (Lipinski definition) is 5. The van der Waals surface area contributed by atoms with Gasteiger partial charge in [-0.3, -0.25) is 4.98 Å². The van der Waals surface area contributed by atoms with Gasteiger partial charge < -0.3 is 16.0 Å². The molecule has 3 heterocycles. The summed E-state index contributed by atoms with van der Waals surface area (Å²) >= 11 is 0. The highest BCUT2D eigenvalue weighted by Gasteiger charge is 2.24. The van der Waals surface area contributed by atoms with E-state index in [9.17, 15) is 0 Å². The number of nitrogens with two attached hydrogens (primary N) is 1. The number of nitrogens with one attached hydrogen (secondary N) is 1. The molecule has 94 valence electrons. The summed E-state index contributed by atoms with van der Waals surface area (Å²) in [7, 11) is 0. The Morgan fingerprint density at radius 3 is 3.11 bits per heavy atom. The van der Waals surface area contributed by atoms with Crippen molar-refractivity contribution in [2.45, 2.75) is 13.8 Å². The first-order chi connectivity index (χ1) is 8.66. The van der Waals surface area contributed by atoms with Gasteiger partial charge in [0, 0.05) is 18.1 Å². The number of fused-ring (bicyclic) bond motifs is 3. The molecule has 3 rings (SSSR count). The SMILES string of the molecule is CC(C)CN1CNc2c(N)nc3cnccc3c21. The number of hydrogen-bond donors (Lipinski definition) is 2. The molecule has 0 spiro atoms. The molecule has 0 bridgehead atoms. The van der Waals surface area contributed by atoms with E-state index in [1.165, 1.54) is 0 Å². The van der Waals surface area contributed by atoms with Gasteiger partial charge in [-0.1, -0.05) is 13.8 Å². The van der Waals surface area contributed by atoms with E-state index < -0.39 is 0 Å². The van der Waals surface area contributed by atoms with Crippen molar-refractivity contribution >= 4 is 28.1 Å². The van der Waals surface area contributed by atoms with E-state index >= 15 is 0 Å². The minimum atomic E-state index is 0.553. The monoisotopic (exact) mass is 243 g/mol. The standard InChI is InChI=1S/C13H17N5/c1-8(2)6-18-7-16-11-12(18)9-3-4-15-5-10(9)17-13(11)14/h3-5,8,16H,6-7H2,1-2H3,(H2,14,17). The summed E-state index contributed by atoms with van der Waals surface area (Å²) in [6.45, 7) is 6.22. The smallest absolute Gasteiger partial charge is 0.149 e. The van der Waals surface area contributed by atoms with E-state index in [4.69, 9.17) is 5.73 Å². The van der Waals surface area contributed by atoms with Crippen LogP contribution < -0.4 is 16.0 Å². The van der Waals surface area contributed by atoms with Gasteiger partial charge in [-0.2, -0.15) is 0 Å². The summed E-state index contributed by atoms with van der Waals surface area (Å²) in [5.41, 5.74) is 8.97. The van der Waals surface area contributed by atoms with Crippen LogP contribution in [0.5, 0.6) is 0 Å². The molecule has 0 radical (unpaired) electrons. The molecule has 0 saturated carbocycles. The second-order valence-electron chi connectivity index (χ2n) is 5.06. The van der Waals surface area contributed by atoms with E-state index in [1.807, 2.05) is 6.07 Å². The molecule has 0 unspecified atom stereocenters. The third-order valence-corrected chi connectivity index (χ3v) is 3.14. The van der Waals surface area contributed by atoms with E-state index in [0.29, 0.717) is 11.7 Å². The van der Waals surface area contributed by atoms with Crippen LogP contribution in [0.1, 0.15) is 13.8 Å². The number of nitrogen functional groups attached to an aromatic ring is 1. The van der Waals surface area contributed by atoms with Crippen LogP contribution in [-0.2, 0) is 0 Å². The maximum Gasteiger partial charge on any atom is 0.149 e. The van der Waals surface area contributed by atoms with Gasteiger partial charge in [-0.15, -0.1) is 0 Å². The first-order valence-electron chi connectivity index (χ1n) is 6.19. The van der Waals surface area contributed by atoms with Gasteiger partial charge in [0.2, 0.25) is 0 Å². The molecule has 1 aliphatic heterocycles. The summed E-state index contributed by atoms with van der Waals surface area (Å²) < 4.78 is 0. The summed E-state index contributed by atoms with van der Waals surface area (Å²) in [6.07, 6.45) is 3.56. The fraction of sp³-hybridized carbons (Fsp3) is 0.385. The van der Waals surface area contributed by atoms with Gasteiger partial charge in [0.25, 0.3) is 0 Å². The van der Waals surface area contributed by atoms with Crippen LogP contribution in [0.2, 0.25) is 0 Å². The normalized spacial score (nSPS) is 14.1. The zero-order chi connectivity index (χ0) is 12.7. The molecule has 1 aliphatic rings. The van der Waals surface area contributed by atoms with Crippen LogP contribution in [0.3, 0.4) is 0 Å². The van der Waals surface area contributed by atoms with Crippen molar-refractivity contribution in [3.63, 3.8) is 0 Å². The third kappa shape index (κ3) is 1.63. The first kappa shape index (κ1) is 11.1. The van der Waals surface area contributed by atoms with Gasteiger partial charge in [-0.05, 0) is 12.0 Å². The molecule has 5 heteroatoms. The molecule has 0 atom stereocenters. The number of nitrogens with zero attached hydrogens (tertiary/aromatic N) is 3. The van der Waals surface area contributed by atoms with Crippen LogP contribution >= 0.6 is 0 Å². The van der Waals surface area contributed by atoms with E-state index in [-0.39, 0.29) is 0 Å². The van der Waals surface area contributed by atoms with Crippen LogP contribution in [0, 0.1) is 5.92 Å². The zero-order valence-corrected chi connectivity index (χ0v) is 10.6. The van der Waals surface area contributed by atoms with Crippen molar-refractivity contribution < 1.29 is 0 Å². The van der Waals surface area contributed by atoms with E-state index in [1.54, 1.807) is 12.4 Å². The number of pyridine rings is 2. The lowest BCUT2D eigenvalue weighted by molar-refractivity contribution is 0.629. The van der Waals surface area contributed by atoms with Crippen molar-refractivity contribution in [1.82, 2.24) is 9.97 Å². The maximum absolute atomic E-state index is 6.00. The van der Waals surface area contributed by atoms with Crippen molar-refractivity contribution in [2.75, 3.05) is 29.2 Å². The van der Waals surface area contributed by atoms with E-state index in [0.717, 1.165) is 35.5 Å². The van der Waals surface area contributed by atoms with Crippen LogP contribution in [0.4, 0.5) is 17.2 Å². The molecular weight excluding hydrogens is 226 g/mol. The molecule has 5 nitrogen and oxygen atoms in total. The predicted octanol–water partition coefficient (Wildman–Crippen LogP) is 2.06. The predicted molar refractivity (Wildman–Crippen MR) is 74.6 cm³/mol. The molecule has 2 aromatic rings. The Morgan fingerprint density at radius 1 is 1.50 bits per heavy atom. The second-order valence-corrected chi connectivity index (χ2v) is 5.06. The Morgan fingerprint density at radius 2 is 2.33 bits per heavy atom. The summed E-state index contributed by atoms with van der Waals surface area (Å²) in [5, 5.41) is 4.44. The molecular formula is C13H17N5. The molecule has 18 heavy (non-hydrogen) atoms. The lowest BCUT2D eigenvalue weighted by Gasteiger charge is -2.21. The van der Waals surface area contributed by atoms with Gasteiger partial charge >= 0.3 is 0 Å². The third-order valence-electron chi connectivity index (χ3n) is 3.14. The van der Waals surface area contributed by atoms with Gasteiger partial charge in [0.1, 0.15) is 11.5 Å². The molecule has 3 N–H and O–H groups in total. The molecule has 2 aromatic heterocycles. The minimum absolute atomic E-state index is 0.553. The molecule has 0 aliphatic carbocycles. The molecule has 0 saturated heterocycles. The lowest BCUT2D eigenvalue weighted by Crippen LogP contribution is -2.27. The summed E-state index contributed by atoms with van der Waals surface area (Å²) in [6, 6.07) is 2.00. The first-order valence-corrected chi connectivity index (χ1v) is 6.19. The van der Waals surface area contributed by atoms with Gasteiger partial charge in [0.15, 0.2) is 0 Å². The Bertz CT molecular complexity index is 593. The largest absolute Gasteiger partial charge is 0.382 e. The number of anilines is 3. The maximum atomic E-state index is 6.00. The highest BCUT2D eigenvalue weighted by molar-refractivity contribution is 6.03. The van der Waals surface area contributed by atoms with Crippen LogP contribution in [0.25, 0.3) is 10.9 Å². The number of aromatic nitrogens is 2. The Balaban J connectivity index is 2.20. The fourth-order valence-corrected chi connectivity index (χ4v) is 2.47. The molecule has 0 fully saturated rings. The van der Waals surface area contributed by atoms with E-state index in [2.05, 4.69) is 34.0 Å². The minimum Gasteiger partial charge on any atom is -0.382 e. The highest BCUT2D eigenvalue weighted by atomic mass is 15.3. The summed E-state index contributed by atoms with van der Waals surface area (Å²) in [5.74, 6) is 1.15. The zero-order valence-electron chi connectivity index (χ0n) is 10.6. The average molecular weight is 243 g/mol. The lowest BCUT2D eigenvalue weighted by atomic mass is 10.1. The summed E-state index contributed by atoms with van der Waals surface area (Å²) in [4.78, 5) is 10.8. The molecule has 0 amide bonds. The molecule has 0 aromatic carbocycles. The second kappa shape index (κ2) is 4.01. The Labute approximate surface area is 106 Å². The van der Waals surface area contributed by atoms with Gasteiger partial charge in [0.05, 0.1) is 24.1 Å². The van der Waals surface area contributed by atoms with Crippen LogP contribution in [-0.4, -0.2) is 23.2 Å². The van der Waals surface area contributed by atoms with Crippen molar-refractivity contribution in [1.29, 1.82) is 0 Å².